The van der Waals surface area contributed by atoms with Gasteiger partial charge in [-0.1, -0.05) is 26.8 Å². The molecule has 1 saturated carbocycles. The van der Waals surface area contributed by atoms with E-state index in [4.69, 9.17) is 0 Å². The normalized spacial score (nSPS) is 14.2. The number of nitrogens with one attached hydrogen (secondary N) is 1. The molecule has 114 valence electrons. The van der Waals surface area contributed by atoms with Gasteiger partial charge >= 0.3 is 0 Å². The van der Waals surface area contributed by atoms with Crippen LogP contribution in [0.25, 0.3) is 0 Å². The lowest BCUT2D eigenvalue weighted by Gasteiger charge is -2.25. The summed E-state index contributed by atoms with van der Waals surface area (Å²) >= 11 is 0. The van der Waals surface area contributed by atoms with Gasteiger partial charge in [0.05, 0.1) is 11.3 Å². The molecular weight excluding hydrogens is 258 g/mol. The van der Waals surface area contributed by atoms with Crippen LogP contribution in [0, 0.1) is 17.2 Å². The van der Waals surface area contributed by atoms with Crippen LogP contribution in [0.1, 0.15) is 51.2 Å². The second kappa shape index (κ2) is 7.47. The Kier molecular flexibility index (Phi) is 5.64. The van der Waals surface area contributed by atoms with E-state index in [0.29, 0.717) is 6.04 Å². The van der Waals surface area contributed by atoms with Crippen molar-refractivity contribution in [3.8, 4) is 6.07 Å². The van der Waals surface area contributed by atoms with Crippen LogP contribution in [0.3, 0.4) is 0 Å². The molecule has 3 heteroatoms. The Balaban J connectivity index is 2.15. The average Bonchev–Trinajstić information content (AvgIpc) is 3.28. The Bertz CT molecular complexity index is 498. The van der Waals surface area contributed by atoms with Gasteiger partial charge in [-0.3, -0.25) is 0 Å². The van der Waals surface area contributed by atoms with E-state index in [1.165, 1.54) is 18.4 Å². The van der Waals surface area contributed by atoms with Gasteiger partial charge < -0.3 is 10.2 Å². The Morgan fingerprint density at radius 3 is 2.71 bits per heavy atom. The molecule has 0 bridgehead atoms. The largest absolute Gasteiger partial charge is 0.370 e. The van der Waals surface area contributed by atoms with Crippen molar-refractivity contribution < 1.29 is 0 Å². The fourth-order valence-electron chi connectivity index (χ4n) is 2.57. The van der Waals surface area contributed by atoms with E-state index in [-0.39, 0.29) is 0 Å². The lowest BCUT2D eigenvalue weighted by molar-refractivity contribution is 0.588. The zero-order chi connectivity index (χ0) is 15.2. The second-order valence-corrected chi connectivity index (χ2v) is 6.39. The smallest absolute Gasteiger partial charge is 0.101 e. The minimum Gasteiger partial charge on any atom is -0.370 e. The van der Waals surface area contributed by atoms with E-state index in [1.54, 1.807) is 0 Å². The minimum atomic E-state index is 0.460. The highest BCUT2D eigenvalue weighted by Gasteiger charge is 2.25. The van der Waals surface area contributed by atoms with Crippen molar-refractivity contribution in [2.45, 2.75) is 52.6 Å². The molecule has 0 unspecified atom stereocenters. The van der Waals surface area contributed by atoms with Crippen molar-refractivity contribution in [1.29, 1.82) is 5.26 Å². The highest BCUT2D eigenvalue weighted by Crippen LogP contribution is 2.32. The second-order valence-electron chi connectivity index (χ2n) is 6.39. The number of anilines is 1. The molecule has 1 aromatic carbocycles. The molecule has 21 heavy (non-hydrogen) atoms. The lowest BCUT2D eigenvalue weighted by Crippen LogP contribution is -2.27. The molecule has 1 aliphatic carbocycles. The summed E-state index contributed by atoms with van der Waals surface area (Å²) in [6.45, 7) is 9.44. The molecule has 3 nitrogen and oxygen atoms in total. The first-order valence-electron chi connectivity index (χ1n) is 8.15. The Labute approximate surface area is 129 Å². The van der Waals surface area contributed by atoms with Gasteiger partial charge in [-0.25, -0.2) is 0 Å². The summed E-state index contributed by atoms with van der Waals surface area (Å²) in [4.78, 5) is 2.40. The maximum atomic E-state index is 9.49. The van der Waals surface area contributed by atoms with E-state index in [1.807, 2.05) is 6.07 Å². The van der Waals surface area contributed by atoms with E-state index in [9.17, 15) is 5.26 Å². The quantitative estimate of drug-likeness (QED) is 0.792. The van der Waals surface area contributed by atoms with E-state index in [0.717, 1.165) is 43.2 Å². The van der Waals surface area contributed by atoms with E-state index < -0.39 is 0 Å². The van der Waals surface area contributed by atoms with Gasteiger partial charge in [0.25, 0.3) is 0 Å². The fourth-order valence-corrected chi connectivity index (χ4v) is 2.57. The third-order valence-electron chi connectivity index (χ3n) is 3.91. The van der Waals surface area contributed by atoms with Crippen molar-refractivity contribution in [2.24, 2.45) is 5.92 Å². The maximum Gasteiger partial charge on any atom is 0.101 e. The first-order valence-corrected chi connectivity index (χ1v) is 8.15. The molecule has 0 heterocycles. The third-order valence-corrected chi connectivity index (χ3v) is 3.91. The van der Waals surface area contributed by atoms with Gasteiger partial charge in [-0.2, -0.15) is 5.26 Å². The highest BCUT2D eigenvalue weighted by atomic mass is 15.1. The molecule has 0 atom stereocenters. The van der Waals surface area contributed by atoms with Gasteiger partial charge in [0.15, 0.2) is 0 Å². The monoisotopic (exact) mass is 285 g/mol. The summed E-state index contributed by atoms with van der Waals surface area (Å²) in [5, 5.41) is 12.9. The number of nitriles is 1. The van der Waals surface area contributed by atoms with Crippen LogP contribution in [-0.2, 0) is 6.54 Å². The van der Waals surface area contributed by atoms with Crippen molar-refractivity contribution in [3.63, 3.8) is 0 Å². The van der Waals surface area contributed by atoms with Crippen LogP contribution >= 0.6 is 0 Å². The molecular formula is C18H27N3. The van der Waals surface area contributed by atoms with Gasteiger partial charge in [0.1, 0.15) is 6.07 Å². The number of rotatable bonds is 8. The van der Waals surface area contributed by atoms with Crippen LogP contribution in [-0.4, -0.2) is 19.1 Å². The van der Waals surface area contributed by atoms with Crippen LogP contribution < -0.4 is 10.2 Å². The minimum absolute atomic E-state index is 0.460. The molecule has 2 rings (SSSR count). The number of hydrogen-bond donors (Lipinski definition) is 1. The topological polar surface area (TPSA) is 39.1 Å². The summed E-state index contributed by atoms with van der Waals surface area (Å²) in [6.07, 6.45) is 3.81. The molecule has 0 aromatic heterocycles. The summed E-state index contributed by atoms with van der Waals surface area (Å²) < 4.78 is 0. The van der Waals surface area contributed by atoms with E-state index >= 15 is 0 Å². The first kappa shape index (κ1) is 15.9. The number of nitrogens with zero attached hydrogens (tertiary/aromatic N) is 2. The predicted molar refractivity (Wildman–Crippen MR) is 88.4 cm³/mol. The summed E-state index contributed by atoms with van der Waals surface area (Å²) in [7, 11) is 0. The summed E-state index contributed by atoms with van der Waals surface area (Å²) in [6, 6.07) is 9.18. The SMILES string of the molecule is CCCN(CC1CC1)c1ccc(CNC(C)C)cc1C#N. The van der Waals surface area contributed by atoms with Crippen molar-refractivity contribution in [1.82, 2.24) is 5.32 Å². The molecule has 1 N–H and O–H groups in total. The number of benzene rings is 1. The zero-order valence-electron chi connectivity index (χ0n) is 13.5. The Morgan fingerprint density at radius 1 is 1.38 bits per heavy atom. The van der Waals surface area contributed by atoms with Crippen molar-refractivity contribution >= 4 is 5.69 Å². The van der Waals surface area contributed by atoms with Crippen molar-refractivity contribution in [2.75, 3.05) is 18.0 Å². The molecule has 0 spiro atoms. The summed E-state index contributed by atoms with van der Waals surface area (Å²) in [5.41, 5.74) is 3.11. The van der Waals surface area contributed by atoms with Gasteiger partial charge in [0, 0.05) is 25.7 Å². The fraction of sp³-hybridized carbons (Fsp3) is 0.611. The van der Waals surface area contributed by atoms with Crippen LogP contribution in [0.2, 0.25) is 0 Å². The molecule has 0 saturated heterocycles. The third kappa shape index (κ3) is 4.75. The summed E-state index contributed by atoms with van der Waals surface area (Å²) in [5.74, 6) is 0.838. The van der Waals surface area contributed by atoms with Gasteiger partial charge in [0.2, 0.25) is 0 Å². The molecule has 1 fully saturated rings. The van der Waals surface area contributed by atoms with Crippen LogP contribution in [0.15, 0.2) is 18.2 Å². The number of hydrogen-bond acceptors (Lipinski definition) is 3. The average molecular weight is 285 g/mol. The molecule has 0 aliphatic heterocycles. The standard InChI is InChI=1S/C18H27N3/c1-4-9-21(13-15-5-6-15)18-8-7-16(10-17(18)11-19)12-20-14(2)3/h7-8,10,14-15,20H,4-6,9,12-13H2,1-3H3. The van der Waals surface area contributed by atoms with E-state index in [2.05, 4.69) is 49.2 Å². The lowest BCUT2D eigenvalue weighted by atomic mass is 10.1. The Hall–Kier alpha value is -1.53. The van der Waals surface area contributed by atoms with Crippen LogP contribution in [0.4, 0.5) is 5.69 Å². The Morgan fingerprint density at radius 2 is 2.14 bits per heavy atom. The maximum absolute atomic E-state index is 9.49. The first-order chi connectivity index (χ1) is 10.1. The molecule has 0 radical (unpaired) electrons. The zero-order valence-corrected chi connectivity index (χ0v) is 13.5. The van der Waals surface area contributed by atoms with Crippen molar-refractivity contribution in [3.05, 3.63) is 29.3 Å². The predicted octanol–water partition coefficient (Wildman–Crippen LogP) is 3.68. The highest BCUT2D eigenvalue weighted by molar-refractivity contribution is 5.60. The van der Waals surface area contributed by atoms with Crippen LogP contribution in [0.5, 0.6) is 0 Å². The molecule has 1 aliphatic rings. The molecule has 1 aromatic rings. The molecule has 0 amide bonds. The van der Waals surface area contributed by atoms with Gasteiger partial charge in [-0.15, -0.1) is 0 Å². The van der Waals surface area contributed by atoms with Gasteiger partial charge in [-0.05, 0) is 42.9 Å².